The Labute approximate surface area is 228 Å². The molecule has 0 unspecified atom stereocenters. The number of benzene rings is 3. The molecule has 0 radical (unpaired) electrons. The average molecular weight is 533 g/mol. The van der Waals surface area contributed by atoms with Crippen LogP contribution in [0.4, 0.5) is 0 Å². The van der Waals surface area contributed by atoms with Crippen molar-refractivity contribution in [1.29, 1.82) is 0 Å². The second-order valence-electron chi connectivity index (χ2n) is 10.0. The molecule has 0 bridgehead atoms. The number of aliphatic hydroxyl groups is 1. The summed E-state index contributed by atoms with van der Waals surface area (Å²) in [5.74, 6) is -0.164. The third kappa shape index (κ3) is 5.16. The summed E-state index contributed by atoms with van der Waals surface area (Å²) in [4.78, 5) is 29.8. The summed E-state index contributed by atoms with van der Waals surface area (Å²) >= 11 is 6.21. The second kappa shape index (κ2) is 11.6. The molecule has 2 amide bonds. The molecule has 38 heavy (non-hydrogen) atoms. The highest BCUT2D eigenvalue weighted by Crippen LogP contribution is 2.46. The van der Waals surface area contributed by atoms with Crippen LogP contribution >= 0.6 is 11.6 Å². The quantitative estimate of drug-likeness (QED) is 0.433. The summed E-state index contributed by atoms with van der Waals surface area (Å²) in [6.45, 7) is 0.422. The van der Waals surface area contributed by atoms with Crippen molar-refractivity contribution >= 4 is 23.4 Å². The van der Waals surface area contributed by atoms with Gasteiger partial charge in [0.15, 0.2) is 0 Å². The van der Waals surface area contributed by atoms with Gasteiger partial charge in [0.2, 0.25) is 5.91 Å². The van der Waals surface area contributed by atoms with Crippen molar-refractivity contribution in [1.82, 2.24) is 10.2 Å². The Hall–Kier alpha value is -3.35. The summed E-state index contributed by atoms with van der Waals surface area (Å²) in [7, 11) is 1.64. The molecule has 0 saturated heterocycles. The van der Waals surface area contributed by atoms with E-state index in [0.717, 1.165) is 29.7 Å². The van der Waals surface area contributed by atoms with Gasteiger partial charge >= 0.3 is 0 Å². The fourth-order valence-corrected chi connectivity index (χ4v) is 6.10. The van der Waals surface area contributed by atoms with Crippen LogP contribution in [0.15, 0.2) is 72.8 Å². The third-order valence-corrected chi connectivity index (χ3v) is 8.06. The lowest BCUT2D eigenvalue weighted by Gasteiger charge is -2.48. The molecule has 1 heterocycles. The zero-order valence-corrected chi connectivity index (χ0v) is 22.2. The molecule has 1 fully saturated rings. The molecule has 5 rings (SSSR count). The number of rotatable bonds is 7. The number of aliphatic hydroxyl groups excluding tert-OH is 1. The Morgan fingerprint density at radius 2 is 1.74 bits per heavy atom. The molecule has 0 aromatic heterocycles. The van der Waals surface area contributed by atoms with E-state index in [1.54, 1.807) is 30.2 Å². The van der Waals surface area contributed by atoms with Gasteiger partial charge in [-0.05, 0) is 60.2 Å². The molecule has 198 valence electrons. The molecule has 2 aliphatic rings. The van der Waals surface area contributed by atoms with Gasteiger partial charge < -0.3 is 20.1 Å². The Balaban J connectivity index is 1.52. The first-order chi connectivity index (χ1) is 18.5. The predicted octanol–water partition coefficient (Wildman–Crippen LogP) is 5.29. The van der Waals surface area contributed by atoms with Crippen molar-refractivity contribution in [3.05, 3.63) is 100 Å². The second-order valence-corrected chi connectivity index (χ2v) is 10.5. The highest BCUT2D eigenvalue weighted by Gasteiger charge is 2.48. The monoisotopic (exact) mass is 532 g/mol. The largest absolute Gasteiger partial charge is 0.496 e. The average Bonchev–Trinajstić information content (AvgIpc) is 2.94. The lowest BCUT2D eigenvalue weighted by Crippen LogP contribution is -2.55. The number of amides is 2. The van der Waals surface area contributed by atoms with Crippen LogP contribution in [-0.2, 0) is 11.2 Å². The zero-order chi connectivity index (χ0) is 26.6. The minimum atomic E-state index is -0.642. The van der Waals surface area contributed by atoms with E-state index >= 15 is 0 Å². The lowest BCUT2D eigenvalue weighted by atomic mass is 9.76. The number of carbonyl (C=O) groups excluding carboxylic acids is 2. The molecule has 1 aliphatic carbocycles. The van der Waals surface area contributed by atoms with E-state index in [9.17, 15) is 14.7 Å². The van der Waals surface area contributed by atoms with Crippen molar-refractivity contribution < 1.29 is 19.4 Å². The Morgan fingerprint density at radius 1 is 1.03 bits per heavy atom. The number of hydrogen-bond acceptors (Lipinski definition) is 4. The zero-order valence-electron chi connectivity index (χ0n) is 21.5. The van der Waals surface area contributed by atoms with Crippen LogP contribution in [0.25, 0.3) is 0 Å². The summed E-state index contributed by atoms with van der Waals surface area (Å²) in [6.07, 6.45) is 3.16. The highest BCUT2D eigenvalue weighted by molar-refractivity contribution is 6.30. The van der Waals surface area contributed by atoms with E-state index in [0.29, 0.717) is 42.0 Å². The Bertz CT molecular complexity index is 1300. The number of nitrogens with one attached hydrogen (secondary N) is 1. The Morgan fingerprint density at radius 3 is 2.50 bits per heavy atom. The highest BCUT2D eigenvalue weighted by atomic mass is 35.5. The normalized spacial score (nSPS) is 23.0. The molecule has 1 aliphatic heterocycles. The summed E-state index contributed by atoms with van der Waals surface area (Å²) in [5, 5.41) is 14.7. The van der Waals surface area contributed by atoms with Crippen molar-refractivity contribution in [3.63, 3.8) is 0 Å². The van der Waals surface area contributed by atoms with Crippen LogP contribution in [0.2, 0.25) is 5.02 Å². The summed E-state index contributed by atoms with van der Waals surface area (Å²) < 4.78 is 5.46. The number of hydrogen-bond donors (Lipinski definition) is 2. The van der Waals surface area contributed by atoms with Crippen LogP contribution < -0.4 is 10.1 Å². The summed E-state index contributed by atoms with van der Waals surface area (Å²) in [5.41, 5.74) is 3.05. The number of carbonyl (C=O) groups is 2. The maximum absolute atomic E-state index is 14.0. The number of halogens is 1. The van der Waals surface area contributed by atoms with Gasteiger partial charge in [0.1, 0.15) is 5.75 Å². The van der Waals surface area contributed by atoms with Gasteiger partial charge in [-0.2, -0.15) is 0 Å². The third-order valence-electron chi connectivity index (χ3n) is 7.81. The topological polar surface area (TPSA) is 78.9 Å². The number of ether oxygens (including phenoxy) is 1. The van der Waals surface area contributed by atoms with Gasteiger partial charge in [-0.3, -0.25) is 9.59 Å². The van der Waals surface area contributed by atoms with Gasteiger partial charge in [0.25, 0.3) is 5.91 Å². The van der Waals surface area contributed by atoms with E-state index in [2.05, 4.69) is 5.32 Å². The number of methoxy groups -OCH3 is 1. The van der Waals surface area contributed by atoms with Crippen molar-refractivity contribution in [3.8, 4) is 5.75 Å². The van der Waals surface area contributed by atoms with Crippen LogP contribution in [-0.4, -0.2) is 47.6 Å². The molecule has 7 heteroatoms. The molecule has 2 N–H and O–H groups in total. The van der Waals surface area contributed by atoms with E-state index in [-0.39, 0.29) is 17.9 Å². The lowest BCUT2D eigenvalue weighted by molar-refractivity contribution is -0.125. The molecule has 6 nitrogen and oxygen atoms in total. The number of nitrogens with zero attached hydrogens (tertiary/aromatic N) is 1. The van der Waals surface area contributed by atoms with Crippen LogP contribution in [0.3, 0.4) is 0 Å². The van der Waals surface area contributed by atoms with Gasteiger partial charge in [-0.15, -0.1) is 0 Å². The minimum absolute atomic E-state index is 0.149. The fraction of sp³-hybridized carbons (Fsp3) is 0.355. The molecule has 1 saturated carbocycles. The van der Waals surface area contributed by atoms with Crippen molar-refractivity contribution in [2.45, 2.75) is 56.2 Å². The van der Waals surface area contributed by atoms with Crippen LogP contribution in [0.1, 0.15) is 64.7 Å². The van der Waals surface area contributed by atoms with Gasteiger partial charge in [-0.1, -0.05) is 73.0 Å². The Kier molecular flexibility index (Phi) is 8.01. The smallest absolute Gasteiger partial charge is 0.255 e. The first kappa shape index (κ1) is 26.3. The van der Waals surface area contributed by atoms with Crippen LogP contribution in [0.5, 0.6) is 5.75 Å². The van der Waals surface area contributed by atoms with Crippen LogP contribution in [0, 0.1) is 0 Å². The number of fused-ring (bicyclic) bond motifs is 1. The molecule has 3 aromatic carbocycles. The van der Waals surface area contributed by atoms with Gasteiger partial charge in [0, 0.05) is 17.1 Å². The maximum atomic E-state index is 14.0. The molecule has 4 atom stereocenters. The first-order valence-electron chi connectivity index (χ1n) is 13.2. The van der Waals surface area contributed by atoms with E-state index < -0.39 is 18.1 Å². The molecule has 3 aromatic rings. The maximum Gasteiger partial charge on any atom is 0.255 e. The van der Waals surface area contributed by atoms with E-state index in [1.165, 1.54) is 0 Å². The molecular weight excluding hydrogens is 500 g/mol. The van der Waals surface area contributed by atoms with E-state index in [1.807, 2.05) is 54.6 Å². The first-order valence-corrected chi connectivity index (χ1v) is 13.6. The predicted molar refractivity (Wildman–Crippen MR) is 148 cm³/mol. The van der Waals surface area contributed by atoms with Gasteiger partial charge in [0.05, 0.1) is 31.2 Å². The van der Waals surface area contributed by atoms with E-state index in [4.69, 9.17) is 16.3 Å². The van der Waals surface area contributed by atoms with Crippen molar-refractivity contribution in [2.24, 2.45) is 0 Å². The standard InChI is InChI=1S/C31H33ClN2O4/c1-38-27-13-7-2-8-20(27)18-19-33-30(36)28-23-9-3-4-10-24(23)31(37)34(25-11-5-6-12-26(25)35)29(28)21-14-16-22(32)17-15-21/h2-4,7-10,13-17,25-26,28-29,35H,5-6,11-12,18-19H2,1H3,(H,33,36)/t25-,26-,28+,29-/m0/s1. The fourth-order valence-electron chi connectivity index (χ4n) is 5.97. The van der Waals surface area contributed by atoms with Gasteiger partial charge in [-0.25, -0.2) is 0 Å². The molecular formula is C31H33ClN2O4. The SMILES string of the molecule is COc1ccccc1CCNC(=O)[C@@H]1c2ccccc2C(=O)N([C@H]2CCCC[C@@H]2O)[C@H]1c1ccc(Cl)cc1. The summed E-state index contributed by atoms with van der Waals surface area (Å²) in [6, 6.07) is 21.5. The number of para-hydroxylation sites is 1. The van der Waals surface area contributed by atoms with Crippen molar-refractivity contribution in [2.75, 3.05) is 13.7 Å². The molecule has 0 spiro atoms. The minimum Gasteiger partial charge on any atom is -0.496 e.